The van der Waals surface area contributed by atoms with Crippen LogP contribution in [0, 0.1) is 11.2 Å². The van der Waals surface area contributed by atoms with E-state index in [4.69, 9.17) is 0 Å². The van der Waals surface area contributed by atoms with Crippen LogP contribution >= 0.6 is 0 Å². The highest BCUT2D eigenvalue weighted by Gasteiger charge is 2.33. The molecule has 1 atom stereocenters. The van der Waals surface area contributed by atoms with Gasteiger partial charge in [0.15, 0.2) is 0 Å². The van der Waals surface area contributed by atoms with Crippen LogP contribution in [-0.4, -0.2) is 11.9 Å². The van der Waals surface area contributed by atoms with E-state index in [1.54, 1.807) is 6.07 Å². The summed E-state index contributed by atoms with van der Waals surface area (Å²) in [5.74, 6) is -0.0823. The summed E-state index contributed by atoms with van der Waals surface area (Å²) >= 11 is 0. The molecular weight excluding hydrogens is 277 g/mol. The summed E-state index contributed by atoms with van der Waals surface area (Å²) in [6.45, 7) is 12.1. The summed E-state index contributed by atoms with van der Waals surface area (Å²) in [4.78, 5) is 14.9. The van der Waals surface area contributed by atoms with Gasteiger partial charge in [-0.05, 0) is 49.9 Å². The van der Waals surface area contributed by atoms with Crippen molar-refractivity contribution in [2.45, 2.75) is 73.3 Å². The molecule has 22 heavy (non-hydrogen) atoms. The molecule has 0 aromatic heterocycles. The van der Waals surface area contributed by atoms with Gasteiger partial charge in [0, 0.05) is 17.1 Å². The molecule has 0 saturated carbocycles. The van der Waals surface area contributed by atoms with Crippen LogP contribution in [0.2, 0.25) is 0 Å². The Kier molecular flexibility index (Phi) is 6.58. The molecule has 1 unspecified atom stereocenters. The zero-order valence-corrected chi connectivity index (χ0v) is 14.9. The molecule has 3 heteroatoms. The predicted octanol–water partition coefficient (Wildman–Crippen LogP) is 5.35. The summed E-state index contributed by atoms with van der Waals surface area (Å²) < 4.78 is 13.8. The van der Waals surface area contributed by atoms with E-state index in [9.17, 15) is 9.18 Å². The fraction of sp³-hybridized carbons (Fsp3) is 0.632. The molecule has 0 bridgehead atoms. The van der Waals surface area contributed by atoms with E-state index in [0.29, 0.717) is 12.0 Å². The van der Waals surface area contributed by atoms with E-state index in [0.717, 1.165) is 24.9 Å². The van der Waals surface area contributed by atoms with E-state index in [1.807, 2.05) is 38.7 Å². The first-order chi connectivity index (χ1) is 10.3. The third-order valence-electron chi connectivity index (χ3n) is 4.52. The normalized spacial score (nSPS) is 13.0. The Morgan fingerprint density at radius 2 is 1.91 bits per heavy atom. The first-order valence-corrected chi connectivity index (χ1v) is 8.40. The van der Waals surface area contributed by atoms with Gasteiger partial charge < -0.3 is 4.90 Å². The molecule has 124 valence electrons. The van der Waals surface area contributed by atoms with E-state index in [1.165, 1.54) is 6.07 Å². The summed E-state index contributed by atoms with van der Waals surface area (Å²) in [5, 5.41) is 0. The van der Waals surface area contributed by atoms with Crippen molar-refractivity contribution in [2.24, 2.45) is 5.41 Å². The number of nitrogens with zero attached hydrogens (tertiary/aromatic N) is 1. The number of carbonyl (C=O) groups is 1. The lowest BCUT2D eigenvalue weighted by Gasteiger charge is -2.36. The minimum atomic E-state index is -0.414. The molecule has 0 heterocycles. The predicted molar refractivity (Wildman–Crippen MR) is 91.7 cm³/mol. The second-order valence-corrected chi connectivity index (χ2v) is 6.68. The Morgan fingerprint density at radius 1 is 1.27 bits per heavy atom. The number of anilines is 1. The van der Waals surface area contributed by atoms with Gasteiger partial charge in [0.05, 0.1) is 0 Å². The standard InChI is InChI=1S/C19H30FNO/c1-7-10-14(4)21(18(22)19(5,6)9-3)16-11-12-17(20)15(8-2)13-16/h11-14H,7-10H2,1-6H3. The van der Waals surface area contributed by atoms with Crippen molar-refractivity contribution < 1.29 is 9.18 Å². The maximum absolute atomic E-state index is 13.8. The zero-order valence-electron chi connectivity index (χ0n) is 14.9. The van der Waals surface area contributed by atoms with Gasteiger partial charge in [0.1, 0.15) is 5.82 Å². The maximum atomic E-state index is 13.8. The quantitative estimate of drug-likeness (QED) is 0.665. The van der Waals surface area contributed by atoms with E-state index < -0.39 is 5.41 Å². The average Bonchev–Trinajstić information content (AvgIpc) is 2.49. The highest BCUT2D eigenvalue weighted by Crippen LogP contribution is 2.30. The molecular formula is C19H30FNO. The Labute approximate surface area is 134 Å². The van der Waals surface area contributed by atoms with E-state index in [2.05, 4.69) is 13.8 Å². The molecule has 1 rings (SSSR count). The average molecular weight is 307 g/mol. The third kappa shape index (κ3) is 4.08. The summed E-state index contributed by atoms with van der Waals surface area (Å²) in [6.07, 6.45) is 3.35. The summed E-state index contributed by atoms with van der Waals surface area (Å²) in [7, 11) is 0. The number of benzene rings is 1. The second-order valence-electron chi connectivity index (χ2n) is 6.68. The molecule has 2 nitrogen and oxygen atoms in total. The number of rotatable bonds is 7. The van der Waals surface area contributed by atoms with Gasteiger partial charge in [0.2, 0.25) is 5.91 Å². The third-order valence-corrected chi connectivity index (χ3v) is 4.52. The first kappa shape index (κ1) is 18.7. The van der Waals surface area contributed by atoms with Crippen molar-refractivity contribution in [3.63, 3.8) is 0 Å². The van der Waals surface area contributed by atoms with Gasteiger partial charge in [0.25, 0.3) is 0 Å². The van der Waals surface area contributed by atoms with Crippen LogP contribution in [0.5, 0.6) is 0 Å². The minimum Gasteiger partial charge on any atom is -0.309 e. The highest BCUT2D eigenvalue weighted by atomic mass is 19.1. The Bertz CT molecular complexity index is 510. The van der Waals surface area contributed by atoms with Crippen molar-refractivity contribution in [1.29, 1.82) is 0 Å². The molecule has 1 amide bonds. The topological polar surface area (TPSA) is 20.3 Å². The van der Waals surface area contributed by atoms with E-state index >= 15 is 0 Å². The SMILES string of the molecule is CCCC(C)N(C(=O)C(C)(C)CC)c1ccc(F)c(CC)c1. The van der Waals surface area contributed by atoms with Gasteiger partial charge >= 0.3 is 0 Å². The molecule has 0 aliphatic heterocycles. The molecule has 1 aromatic carbocycles. The smallest absolute Gasteiger partial charge is 0.232 e. The molecule has 0 aliphatic rings. The van der Waals surface area contributed by atoms with Crippen LogP contribution < -0.4 is 4.90 Å². The zero-order chi connectivity index (χ0) is 16.9. The molecule has 0 fully saturated rings. The van der Waals surface area contributed by atoms with Crippen LogP contribution in [0.1, 0.15) is 66.4 Å². The number of carbonyl (C=O) groups excluding carboxylic acids is 1. The van der Waals surface area contributed by atoms with E-state index in [-0.39, 0.29) is 17.8 Å². The van der Waals surface area contributed by atoms with Crippen molar-refractivity contribution in [2.75, 3.05) is 4.90 Å². The largest absolute Gasteiger partial charge is 0.309 e. The number of halogens is 1. The molecule has 0 spiro atoms. The Morgan fingerprint density at radius 3 is 2.41 bits per heavy atom. The summed E-state index contributed by atoms with van der Waals surface area (Å²) in [5.41, 5.74) is 1.06. The Balaban J connectivity index is 3.29. The minimum absolute atomic E-state index is 0.110. The number of aryl methyl sites for hydroxylation is 1. The lowest BCUT2D eigenvalue weighted by atomic mass is 9.87. The van der Waals surface area contributed by atoms with Gasteiger partial charge in [-0.1, -0.05) is 41.0 Å². The summed E-state index contributed by atoms with van der Waals surface area (Å²) in [6, 6.07) is 5.14. The first-order valence-electron chi connectivity index (χ1n) is 8.40. The van der Waals surface area contributed by atoms with Crippen LogP contribution in [0.15, 0.2) is 18.2 Å². The van der Waals surface area contributed by atoms with Crippen molar-refractivity contribution in [3.8, 4) is 0 Å². The number of hydrogen-bond acceptors (Lipinski definition) is 1. The molecule has 0 radical (unpaired) electrons. The number of amides is 1. The maximum Gasteiger partial charge on any atom is 0.232 e. The van der Waals surface area contributed by atoms with Crippen LogP contribution in [0.4, 0.5) is 10.1 Å². The van der Waals surface area contributed by atoms with Gasteiger partial charge in [-0.2, -0.15) is 0 Å². The van der Waals surface area contributed by atoms with Crippen LogP contribution in [0.3, 0.4) is 0 Å². The number of hydrogen-bond donors (Lipinski definition) is 0. The van der Waals surface area contributed by atoms with Crippen LogP contribution in [-0.2, 0) is 11.2 Å². The fourth-order valence-electron chi connectivity index (χ4n) is 2.58. The Hall–Kier alpha value is -1.38. The lowest BCUT2D eigenvalue weighted by Crippen LogP contribution is -2.46. The van der Waals surface area contributed by atoms with Crippen LogP contribution in [0.25, 0.3) is 0 Å². The van der Waals surface area contributed by atoms with Crippen molar-refractivity contribution >= 4 is 11.6 Å². The monoisotopic (exact) mass is 307 g/mol. The molecule has 1 aromatic rings. The van der Waals surface area contributed by atoms with Gasteiger partial charge in [-0.25, -0.2) is 4.39 Å². The molecule has 0 aliphatic carbocycles. The lowest BCUT2D eigenvalue weighted by molar-refractivity contribution is -0.127. The second kappa shape index (κ2) is 7.75. The highest BCUT2D eigenvalue weighted by molar-refractivity contribution is 5.97. The van der Waals surface area contributed by atoms with Gasteiger partial charge in [-0.15, -0.1) is 0 Å². The fourth-order valence-corrected chi connectivity index (χ4v) is 2.58. The molecule has 0 N–H and O–H groups in total. The van der Waals surface area contributed by atoms with Crippen molar-refractivity contribution in [3.05, 3.63) is 29.6 Å². The van der Waals surface area contributed by atoms with Crippen molar-refractivity contribution in [1.82, 2.24) is 0 Å². The van der Waals surface area contributed by atoms with Gasteiger partial charge in [-0.3, -0.25) is 4.79 Å². The molecule has 0 saturated heterocycles.